The van der Waals surface area contributed by atoms with E-state index in [1.54, 1.807) is 6.07 Å². The standard InChI is InChI=1S/C11H12BrNO4S/c1-8(12)6-13-18(16,17)7-9-3-2-4-10(5-9)11(14)15/h2-5,13H,1,6-7H2,(H,14,15). The fourth-order valence-corrected chi connectivity index (χ4v) is 2.69. The van der Waals surface area contributed by atoms with Crippen molar-refractivity contribution in [2.45, 2.75) is 5.75 Å². The largest absolute Gasteiger partial charge is 0.478 e. The lowest BCUT2D eigenvalue weighted by molar-refractivity contribution is 0.0696. The highest BCUT2D eigenvalue weighted by Crippen LogP contribution is 2.09. The number of hydrogen-bond acceptors (Lipinski definition) is 3. The molecule has 0 atom stereocenters. The van der Waals surface area contributed by atoms with Crippen LogP contribution in [0.3, 0.4) is 0 Å². The summed E-state index contributed by atoms with van der Waals surface area (Å²) in [6.07, 6.45) is 0. The van der Waals surface area contributed by atoms with Gasteiger partial charge in [-0.1, -0.05) is 34.6 Å². The highest BCUT2D eigenvalue weighted by molar-refractivity contribution is 9.11. The number of carboxylic acid groups (broad SMARTS) is 1. The average molecular weight is 334 g/mol. The van der Waals surface area contributed by atoms with E-state index in [0.717, 1.165) is 0 Å². The summed E-state index contributed by atoms with van der Waals surface area (Å²) < 4.78 is 26.2. The summed E-state index contributed by atoms with van der Waals surface area (Å²) in [6.45, 7) is 3.61. The molecule has 0 radical (unpaired) electrons. The molecular weight excluding hydrogens is 322 g/mol. The average Bonchev–Trinajstić information content (AvgIpc) is 2.26. The molecule has 0 aliphatic carbocycles. The molecule has 0 spiro atoms. The van der Waals surface area contributed by atoms with Crippen LogP contribution in [0.15, 0.2) is 35.3 Å². The Morgan fingerprint density at radius 1 is 1.44 bits per heavy atom. The first-order valence-corrected chi connectivity index (χ1v) is 7.37. The summed E-state index contributed by atoms with van der Waals surface area (Å²) in [5.41, 5.74) is 0.482. The van der Waals surface area contributed by atoms with Crippen LogP contribution in [0, 0.1) is 0 Å². The summed E-state index contributed by atoms with van der Waals surface area (Å²) in [7, 11) is -3.51. The highest BCUT2D eigenvalue weighted by Gasteiger charge is 2.12. The van der Waals surface area contributed by atoms with E-state index >= 15 is 0 Å². The quantitative estimate of drug-likeness (QED) is 0.830. The van der Waals surface area contributed by atoms with Crippen molar-refractivity contribution in [3.63, 3.8) is 0 Å². The summed E-state index contributed by atoms with van der Waals surface area (Å²) >= 11 is 3.04. The zero-order valence-corrected chi connectivity index (χ0v) is 11.8. The third kappa shape index (κ3) is 4.99. The molecule has 0 aliphatic rings. The maximum atomic E-state index is 11.7. The van der Waals surface area contributed by atoms with Gasteiger partial charge in [0.2, 0.25) is 10.0 Å². The zero-order valence-electron chi connectivity index (χ0n) is 9.39. The molecule has 0 amide bonds. The minimum atomic E-state index is -3.51. The number of sulfonamides is 1. The number of rotatable bonds is 6. The molecule has 7 heteroatoms. The van der Waals surface area contributed by atoms with Crippen molar-refractivity contribution in [3.8, 4) is 0 Å². The Kier molecular flexibility index (Phi) is 5.06. The molecule has 98 valence electrons. The fraction of sp³-hybridized carbons (Fsp3) is 0.182. The molecule has 0 aliphatic heterocycles. The smallest absolute Gasteiger partial charge is 0.335 e. The molecule has 0 fully saturated rings. The number of hydrogen-bond donors (Lipinski definition) is 2. The van der Waals surface area contributed by atoms with Crippen LogP contribution in [0.25, 0.3) is 0 Å². The molecule has 1 rings (SSSR count). The molecular formula is C11H12BrNO4S. The van der Waals surface area contributed by atoms with Crippen molar-refractivity contribution in [2.75, 3.05) is 6.54 Å². The van der Waals surface area contributed by atoms with Gasteiger partial charge in [-0.2, -0.15) is 0 Å². The molecule has 0 heterocycles. The van der Waals surface area contributed by atoms with Gasteiger partial charge in [-0.05, 0) is 17.7 Å². The van der Waals surface area contributed by atoms with Gasteiger partial charge in [0.25, 0.3) is 0 Å². The Morgan fingerprint density at radius 3 is 2.67 bits per heavy atom. The molecule has 0 bridgehead atoms. The minimum Gasteiger partial charge on any atom is -0.478 e. The van der Waals surface area contributed by atoms with E-state index < -0.39 is 16.0 Å². The maximum Gasteiger partial charge on any atom is 0.335 e. The predicted molar refractivity (Wildman–Crippen MR) is 72.1 cm³/mol. The van der Waals surface area contributed by atoms with Crippen LogP contribution >= 0.6 is 15.9 Å². The molecule has 0 unspecified atom stereocenters. The van der Waals surface area contributed by atoms with Gasteiger partial charge in [-0.15, -0.1) is 0 Å². The minimum absolute atomic E-state index is 0.0626. The van der Waals surface area contributed by atoms with Crippen LogP contribution in [-0.2, 0) is 15.8 Å². The second-order valence-electron chi connectivity index (χ2n) is 3.60. The Hall–Kier alpha value is -1.18. The van der Waals surface area contributed by atoms with Crippen LogP contribution in [0.1, 0.15) is 15.9 Å². The number of carbonyl (C=O) groups is 1. The van der Waals surface area contributed by atoms with E-state index in [2.05, 4.69) is 27.2 Å². The monoisotopic (exact) mass is 333 g/mol. The maximum absolute atomic E-state index is 11.7. The zero-order chi connectivity index (χ0) is 13.8. The van der Waals surface area contributed by atoms with Crippen LogP contribution in [-0.4, -0.2) is 26.0 Å². The van der Waals surface area contributed by atoms with E-state index in [0.29, 0.717) is 10.0 Å². The molecule has 18 heavy (non-hydrogen) atoms. The third-order valence-electron chi connectivity index (χ3n) is 2.01. The Labute approximate surface area is 114 Å². The van der Waals surface area contributed by atoms with Gasteiger partial charge in [0, 0.05) is 11.0 Å². The summed E-state index contributed by atoms with van der Waals surface area (Å²) in [5, 5.41) is 8.80. The van der Waals surface area contributed by atoms with Gasteiger partial charge < -0.3 is 5.11 Å². The summed E-state index contributed by atoms with van der Waals surface area (Å²) in [5.74, 6) is -1.36. The van der Waals surface area contributed by atoms with Crippen molar-refractivity contribution < 1.29 is 18.3 Å². The molecule has 0 saturated heterocycles. The van der Waals surface area contributed by atoms with Gasteiger partial charge in [-0.3, -0.25) is 0 Å². The van der Waals surface area contributed by atoms with E-state index in [1.165, 1.54) is 18.2 Å². The number of aromatic carboxylic acids is 1. The normalized spacial score (nSPS) is 11.2. The Morgan fingerprint density at radius 2 is 2.11 bits per heavy atom. The van der Waals surface area contributed by atoms with Crippen LogP contribution < -0.4 is 4.72 Å². The Bertz CT molecular complexity index is 568. The highest BCUT2D eigenvalue weighted by atomic mass is 79.9. The fourth-order valence-electron chi connectivity index (χ4n) is 1.25. The lowest BCUT2D eigenvalue weighted by Crippen LogP contribution is -2.26. The van der Waals surface area contributed by atoms with Gasteiger partial charge in [0.1, 0.15) is 0 Å². The lowest BCUT2D eigenvalue weighted by Gasteiger charge is -2.06. The molecule has 2 N–H and O–H groups in total. The summed E-state index contributed by atoms with van der Waals surface area (Å²) in [6, 6.07) is 5.82. The predicted octanol–water partition coefficient (Wildman–Crippen LogP) is 1.71. The van der Waals surface area contributed by atoms with Crippen LogP contribution in [0.2, 0.25) is 0 Å². The first kappa shape index (κ1) is 14.9. The summed E-state index contributed by atoms with van der Waals surface area (Å²) in [4.78, 5) is 10.8. The van der Waals surface area contributed by atoms with E-state index in [1.807, 2.05) is 0 Å². The van der Waals surface area contributed by atoms with Gasteiger partial charge >= 0.3 is 5.97 Å². The van der Waals surface area contributed by atoms with Crippen molar-refractivity contribution in [3.05, 3.63) is 46.5 Å². The SMILES string of the molecule is C=C(Br)CNS(=O)(=O)Cc1cccc(C(=O)O)c1. The number of halogens is 1. The number of benzene rings is 1. The second-order valence-corrected chi connectivity index (χ2v) is 6.53. The first-order chi connectivity index (χ1) is 8.30. The van der Waals surface area contributed by atoms with Crippen molar-refractivity contribution in [2.24, 2.45) is 0 Å². The van der Waals surface area contributed by atoms with Crippen LogP contribution in [0.5, 0.6) is 0 Å². The molecule has 1 aromatic rings. The third-order valence-corrected chi connectivity index (χ3v) is 3.59. The van der Waals surface area contributed by atoms with E-state index in [9.17, 15) is 13.2 Å². The van der Waals surface area contributed by atoms with E-state index in [4.69, 9.17) is 5.11 Å². The topological polar surface area (TPSA) is 83.5 Å². The van der Waals surface area contributed by atoms with Gasteiger partial charge in [0.15, 0.2) is 0 Å². The molecule has 1 aromatic carbocycles. The second kappa shape index (κ2) is 6.12. The lowest BCUT2D eigenvalue weighted by atomic mass is 10.1. The van der Waals surface area contributed by atoms with Gasteiger partial charge in [0.05, 0.1) is 11.3 Å². The Balaban J connectivity index is 2.81. The molecule has 0 saturated carbocycles. The first-order valence-electron chi connectivity index (χ1n) is 4.93. The van der Waals surface area contributed by atoms with Gasteiger partial charge in [-0.25, -0.2) is 17.9 Å². The van der Waals surface area contributed by atoms with Crippen molar-refractivity contribution in [1.29, 1.82) is 0 Å². The molecule has 5 nitrogen and oxygen atoms in total. The van der Waals surface area contributed by atoms with E-state index in [-0.39, 0.29) is 17.9 Å². The number of carboxylic acids is 1. The number of nitrogens with one attached hydrogen (secondary N) is 1. The van der Waals surface area contributed by atoms with Crippen LogP contribution in [0.4, 0.5) is 0 Å². The van der Waals surface area contributed by atoms with Crippen molar-refractivity contribution >= 4 is 31.9 Å². The molecule has 0 aromatic heterocycles. The van der Waals surface area contributed by atoms with Crippen molar-refractivity contribution in [1.82, 2.24) is 4.72 Å².